The van der Waals surface area contributed by atoms with Crippen molar-refractivity contribution in [1.29, 1.82) is 0 Å². The second kappa shape index (κ2) is 9.25. The highest BCUT2D eigenvalue weighted by molar-refractivity contribution is 5.79. The van der Waals surface area contributed by atoms with E-state index >= 15 is 0 Å². The Labute approximate surface area is 155 Å². The van der Waals surface area contributed by atoms with Gasteiger partial charge in [-0.2, -0.15) is 26.3 Å². The van der Waals surface area contributed by atoms with Crippen LogP contribution in [-0.2, 0) is 12.4 Å². The van der Waals surface area contributed by atoms with Crippen molar-refractivity contribution >= 4 is 12.6 Å². The van der Waals surface area contributed by atoms with E-state index in [4.69, 9.17) is 9.84 Å². The SMILES string of the molecule is CCOc1cc(C(F)(F)F)ccc1C=O.O=Cc1ccc(C(F)(F)F)cc1O. The van der Waals surface area contributed by atoms with Gasteiger partial charge in [0.05, 0.1) is 28.9 Å². The quantitative estimate of drug-likeness (QED) is 0.562. The van der Waals surface area contributed by atoms with Crippen LogP contribution in [0.15, 0.2) is 36.4 Å². The lowest BCUT2D eigenvalue weighted by atomic mass is 10.1. The molecule has 0 fully saturated rings. The van der Waals surface area contributed by atoms with Gasteiger partial charge in [0.2, 0.25) is 0 Å². The Bertz CT molecular complexity index is 828. The number of carbonyl (C=O) groups excluding carboxylic acids is 2. The summed E-state index contributed by atoms with van der Waals surface area (Å²) in [5.41, 5.74) is -1.84. The van der Waals surface area contributed by atoms with Crippen LogP contribution in [0.1, 0.15) is 38.8 Å². The molecule has 4 nitrogen and oxygen atoms in total. The van der Waals surface area contributed by atoms with Gasteiger partial charge in [-0.15, -0.1) is 0 Å². The number of ether oxygens (including phenoxy) is 1. The van der Waals surface area contributed by atoms with Gasteiger partial charge in [0.1, 0.15) is 11.5 Å². The molecule has 0 bridgehead atoms. The van der Waals surface area contributed by atoms with Crippen LogP contribution in [-0.4, -0.2) is 24.3 Å². The molecule has 2 rings (SSSR count). The number of aldehydes is 2. The number of aromatic hydroxyl groups is 1. The lowest BCUT2D eigenvalue weighted by molar-refractivity contribution is -0.138. The van der Waals surface area contributed by atoms with Gasteiger partial charge in [-0.3, -0.25) is 9.59 Å². The van der Waals surface area contributed by atoms with Crippen molar-refractivity contribution < 1.29 is 45.8 Å². The minimum Gasteiger partial charge on any atom is -0.507 e. The normalized spacial score (nSPS) is 11.2. The summed E-state index contributed by atoms with van der Waals surface area (Å²) in [5, 5.41) is 8.92. The van der Waals surface area contributed by atoms with Gasteiger partial charge >= 0.3 is 12.4 Å². The second-order valence-electron chi connectivity index (χ2n) is 5.19. The third kappa shape index (κ3) is 6.29. The number of hydrogen-bond donors (Lipinski definition) is 1. The summed E-state index contributed by atoms with van der Waals surface area (Å²) in [6.07, 6.45) is -8.17. The smallest absolute Gasteiger partial charge is 0.416 e. The number of carbonyl (C=O) groups is 2. The lowest BCUT2D eigenvalue weighted by Crippen LogP contribution is -2.06. The second-order valence-corrected chi connectivity index (χ2v) is 5.19. The molecule has 2 aromatic carbocycles. The maximum Gasteiger partial charge on any atom is 0.416 e. The van der Waals surface area contributed by atoms with Crippen LogP contribution in [0.4, 0.5) is 26.3 Å². The molecule has 0 atom stereocenters. The highest BCUT2D eigenvalue weighted by Gasteiger charge is 2.31. The van der Waals surface area contributed by atoms with Gasteiger partial charge in [-0.25, -0.2) is 0 Å². The Balaban J connectivity index is 0.000000283. The van der Waals surface area contributed by atoms with Gasteiger partial charge in [0.25, 0.3) is 0 Å². The molecular weight excluding hydrogens is 394 g/mol. The van der Waals surface area contributed by atoms with Crippen molar-refractivity contribution in [2.75, 3.05) is 6.61 Å². The maximum absolute atomic E-state index is 12.3. The van der Waals surface area contributed by atoms with Crippen LogP contribution in [0.25, 0.3) is 0 Å². The average Bonchev–Trinajstić information content (AvgIpc) is 2.61. The highest BCUT2D eigenvalue weighted by atomic mass is 19.4. The van der Waals surface area contributed by atoms with Crippen LogP contribution in [0.3, 0.4) is 0 Å². The van der Waals surface area contributed by atoms with E-state index in [1.165, 1.54) is 0 Å². The minimum absolute atomic E-state index is 0.0395. The average molecular weight is 408 g/mol. The minimum atomic E-state index is -4.50. The van der Waals surface area contributed by atoms with Crippen LogP contribution in [0, 0.1) is 0 Å². The van der Waals surface area contributed by atoms with Gasteiger partial charge in [0.15, 0.2) is 12.6 Å². The highest BCUT2D eigenvalue weighted by Crippen LogP contribution is 2.33. The number of halogens is 6. The van der Waals surface area contributed by atoms with Gasteiger partial charge in [0, 0.05) is 0 Å². The molecule has 0 saturated carbocycles. The zero-order valence-corrected chi connectivity index (χ0v) is 14.3. The molecule has 0 unspecified atom stereocenters. The van der Waals surface area contributed by atoms with E-state index in [9.17, 15) is 35.9 Å². The number of hydrogen-bond acceptors (Lipinski definition) is 4. The fourth-order valence-corrected chi connectivity index (χ4v) is 1.91. The molecule has 28 heavy (non-hydrogen) atoms. The van der Waals surface area contributed by atoms with Crippen molar-refractivity contribution in [2.24, 2.45) is 0 Å². The molecule has 0 aromatic heterocycles. The van der Waals surface area contributed by atoms with Crippen LogP contribution in [0.5, 0.6) is 11.5 Å². The van der Waals surface area contributed by atoms with Gasteiger partial charge in [-0.05, 0) is 43.3 Å². The summed E-state index contributed by atoms with van der Waals surface area (Å²) in [6, 6.07) is 4.96. The standard InChI is InChI=1S/C10H9F3O2.C8H5F3O2/c1-2-15-9-5-8(10(11,12)13)4-3-7(9)6-14;9-8(10,11)6-2-1-5(4-12)7(13)3-6/h3-6H,2H2,1H3;1-4,13H. The van der Waals surface area contributed by atoms with Crippen molar-refractivity contribution in [2.45, 2.75) is 19.3 Å². The molecule has 0 spiro atoms. The Kier molecular flexibility index (Phi) is 7.60. The lowest BCUT2D eigenvalue weighted by Gasteiger charge is -2.10. The summed E-state index contributed by atoms with van der Waals surface area (Å²) < 4.78 is 77.8. The number of phenols is 1. The van der Waals surface area contributed by atoms with Crippen molar-refractivity contribution in [3.63, 3.8) is 0 Å². The molecule has 0 saturated heterocycles. The molecule has 0 amide bonds. The zero-order valence-electron chi connectivity index (χ0n) is 14.3. The fourth-order valence-electron chi connectivity index (χ4n) is 1.91. The molecule has 0 aliphatic rings. The Morgan fingerprint density at radius 3 is 1.71 bits per heavy atom. The molecule has 0 radical (unpaired) electrons. The number of rotatable bonds is 4. The Hall–Kier alpha value is -3.04. The number of phenolic OH excluding ortho intramolecular Hbond substituents is 1. The predicted octanol–water partition coefficient (Wildman–Crippen LogP) is 5.14. The molecule has 1 N–H and O–H groups in total. The number of alkyl halides is 6. The third-order valence-electron chi connectivity index (χ3n) is 3.25. The van der Waals surface area contributed by atoms with E-state index in [2.05, 4.69) is 0 Å². The summed E-state index contributed by atoms with van der Waals surface area (Å²) in [7, 11) is 0. The first-order chi connectivity index (χ1) is 12.9. The Morgan fingerprint density at radius 2 is 1.32 bits per heavy atom. The van der Waals surface area contributed by atoms with E-state index < -0.39 is 29.2 Å². The molecule has 0 aliphatic heterocycles. The summed E-state index contributed by atoms with van der Waals surface area (Å²) in [4.78, 5) is 20.6. The molecule has 0 heterocycles. The van der Waals surface area contributed by atoms with E-state index in [1.807, 2.05) is 0 Å². The first-order valence-corrected chi connectivity index (χ1v) is 7.58. The topological polar surface area (TPSA) is 63.6 Å². The van der Waals surface area contributed by atoms with E-state index in [1.54, 1.807) is 6.92 Å². The van der Waals surface area contributed by atoms with E-state index in [0.29, 0.717) is 12.4 Å². The first kappa shape index (κ1) is 23.0. The van der Waals surface area contributed by atoms with Gasteiger partial charge in [-0.1, -0.05) is 0 Å². The van der Waals surface area contributed by atoms with E-state index in [0.717, 1.165) is 30.3 Å². The zero-order chi connectivity index (χ0) is 21.5. The van der Waals surface area contributed by atoms with Gasteiger partial charge < -0.3 is 9.84 Å². The molecule has 2 aromatic rings. The van der Waals surface area contributed by atoms with Crippen LogP contribution in [0.2, 0.25) is 0 Å². The van der Waals surface area contributed by atoms with Crippen LogP contribution < -0.4 is 4.74 Å². The molecule has 0 aliphatic carbocycles. The Morgan fingerprint density at radius 1 is 0.857 bits per heavy atom. The van der Waals surface area contributed by atoms with Crippen molar-refractivity contribution in [3.05, 3.63) is 58.7 Å². The fraction of sp³-hybridized carbons (Fsp3) is 0.222. The molecular formula is C18H14F6O4. The largest absolute Gasteiger partial charge is 0.507 e. The first-order valence-electron chi connectivity index (χ1n) is 7.58. The molecule has 10 heteroatoms. The summed E-state index contributed by atoms with van der Waals surface area (Å²) in [5.74, 6) is -0.702. The molecule has 152 valence electrons. The summed E-state index contributed by atoms with van der Waals surface area (Å²) in [6.45, 7) is 1.84. The van der Waals surface area contributed by atoms with Crippen molar-refractivity contribution in [3.8, 4) is 11.5 Å². The van der Waals surface area contributed by atoms with Crippen LogP contribution >= 0.6 is 0 Å². The third-order valence-corrected chi connectivity index (χ3v) is 3.25. The van der Waals surface area contributed by atoms with E-state index in [-0.39, 0.29) is 29.8 Å². The maximum atomic E-state index is 12.3. The predicted molar refractivity (Wildman–Crippen MR) is 86.5 cm³/mol. The van der Waals surface area contributed by atoms with Crippen molar-refractivity contribution in [1.82, 2.24) is 0 Å². The monoisotopic (exact) mass is 408 g/mol. The summed E-state index contributed by atoms with van der Waals surface area (Å²) >= 11 is 0. The number of benzene rings is 2.